The molecule has 3 fully saturated rings. The molecule has 2 saturated heterocycles. The molecule has 11 atom stereocenters. The summed E-state index contributed by atoms with van der Waals surface area (Å²) in [6.07, 6.45) is -11.8. The van der Waals surface area contributed by atoms with Gasteiger partial charge in [-0.3, -0.25) is 28.8 Å². The second-order valence-corrected chi connectivity index (χ2v) is 14.6. The van der Waals surface area contributed by atoms with Crippen LogP contribution in [0.1, 0.15) is 79.1 Å². The van der Waals surface area contributed by atoms with Gasteiger partial charge in [0.2, 0.25) is 5.79 Å². The number of ketones is 1. The molecule has 1 aliphatic carbocycles. The third-order valence-corrected chi connectivity index (χ3v) is 10.1. The first kappa shape index (κ1) is 41.1. The molecular formula is C37H46O16. The molecule has 4 rings (SSSR count). The van der Waals surface area contributed by atoms with E-state index in [1.807, 2.05) is 0 Å². The van der Waals surface area contributed by atoms with Crippen molar-refractivity contribution in [3.8, 4) is 0 Å². The lowest BCUT2D eigenvalue weighted by atomic mass is 9.68. The monoisotopic (exact) mass is 746 g/mol. The van der Waals surface area contributed by atoms with E-state index in [-0.39, 0.29) is 5.56 Å². The molecule has 2 N–H and O–H groups in total. The Hall–Kier alpha value is -4.67. The van der Waals surface area contributed by atoms with E-state index in [4.69, 9.17) is 33.2 Å². The molecule has 0 amide bonds. The van der Waals surface area contributed by atoms with Gasteiger partial charge in [-0.15, -0.1) is 0 Å². The van der Waals surface area contributed by atoms with Crippen molar-refractivity contribution in [1.29, 1.82) is 0 Å². The normalized spacial score (nSPS) is 36.2. The van der Waals surface area contributed by atoms with Crippen LogP contribution in [0.3, 0.4) is 0 Å². The zero-order chi connectivity index (χ0) is 40.0. The summed E-state index contributed by atoms with van der Waals surface area (Å²) in [5, 5.41) is 24.8. The highest BCUT2D eigenvalue weighted by molar-refractivity contribution is 5.90. The third-order valence-electron chi connectivity index (χ3n) is 10.1. The maximum atomic E-state index is 14.4. The van der Waals surface area contributed by atoms with E-state index in [9.17, 15) is 43.8 Å². The fourth-order valence-corrected chi connectivity index (χ4v) is 7.98. The molecule has 2 bridgehead atoms. The third kappa shape index (κ3) is 7.44. The van der Waals surface area contributed by atoms with E-state index in [0.717, 1.165) is 34.6 Å². The van der Waals surface area contributed by atoms with E-state index in [1.165, 1.54) is 39.8 Å². The van der Waals surface area contributed by atoms with Gasteiger partial charge in [-0.05, 0) is 19.1 Å². The zero-order valence-corrected chi connectivity index (χ0v) is 31.0. The lowest BCUT2D eigenvalue weighted by Crippen LogP contribution is -2.66. The van der Waals surface area contributed by atoms with Crippen LogP contribution in [0, 0.1) is 17.3 Å². The highest BCUT2D eigenvalue weighted by atomic mass is 16.7. The molecule has 1 aromatic rings. The lowest BCUT2D eigenvalue weighted by Gasteiger charge is -2.48. The quantitative estimate of drug-likeness (QED) is 0.231. The predicted molar refractivity (Wildman–Crippen MR) is 178 cm³/mol. The Labute approximate surface area is 306 Å². The first-order chi connectivity index (χ1) is 24.4. The van der Waals surface area contributed by atoms with E-state index < -0.39 is 124 Å². The molecule has 2 aliphatic heterocycles. The fraction of sp³-hybridized carbons (Fsp3) is 0.595. The van der Waals surface area contributed by atoms with Gasteiger partial charge in [-0.2, -0.15) is 0 Å². The topological polar surface area (TPSA) is 225 Å². The van der Waals surface area contributed by atoms with Crippen LogP contribution in [0.5, 0.6) is 0 Å². The van der Waals surface area contributed by atoms with Crippen LogP contribution in [0.2, 0.25) is 0 Å². The second-order valence-electron chi connectivity index (χ2n) is 14.6. The van der Waals surface area contributed by atoms with Crippen molar-refractivity contribution in [2.24, 2.45) is 17.3 Å². The minimum Gasteiger partial charge on any atom is -0.459 e. The summed E-state index contributed by atoms with van der Waals surface area (Å²) in [6.45, 7) is 14.4. The van der Waals surface area contributed by atoms with Gasteiger partial charge in [0.05, 0.1) is 17.4 Å². The average molecular weight is 747 g/mol. The number of aliphatic hydroxyl groups is 2. The molecule has 1 saturated carbocycles. The van der Waals surface area contributed by atoms with Gasteiger partial charge in [-0.25, -0.2) is 4.79 Å². The van der Waals surface area contributed by atoms with Crippen LogP contribution in [-0.4, -0.2) is 105 Å². The molecule has 16 heteroatoms. The Kier molecular flexibility index (Phi) is 11.3. The van der Waals surface area contributed by atoms with Gasteiger partial charge in [0.25, 0.3) is 0 Å². The number of carbonyl (C=O) groups excluding carboxylic acids is 7. The van der Waals surface area contributed by atoms with Crippen LogP contribution in [0.25, 0.3) is 0 Å². The number of carbonyl (C=O) groups is 7. The van der Waals surface area contributed by atoms with E-state index in [0.29, 0.717) is 0 Å². The highest BCUT2D eigenvalue weighted by Gasteiger charge is 2.79. The van der Waals surface area contributed by atoms with Crippen LogP contribution in [0.15, 0.2) is 42.5 Å². The van der Waals surface area contributed by atoms with Crippen molar-refractivity contribution < 1.29 is 76.9 Å². The van der Waals surface area contributed by atoms with Crippen molar-refractivity contribution >= 4 is 41.6 Å². The Morgan fingerprint density at radius 1 is 0.755 bits per heavy atom. The molecule has 53 heavy (non-hydrogen) atoms. The van der Waals surface area contributed by atoms with Gasteiger partial charge < -0.3 is 43.4 Å². The van der Waals surface area contributed by atoms with Crippen molar-refractivity contribution in [2.75, 3.05) is 0 Å². The predicted octanol–water partition coefficient (Wildman–Crippen LogP) is 1.90. The van der Waals surface area contributed by atoms with Crippen molar-refractivity contribution in [3.05, 3.63) is 48.0 Å². The van der Waals surface area contributed by atoms with Crippen LogP contribution >= 0.6 is 0 Å². The van der Waals surface area contributed by atoms with Crippen LogP contribution in [0.4, 0.5) is 0 Å². The van der Waals surface area contributed by atoms with E-state index >= 15 is 0 Å². The Balaban J connectivity index is 2.19. The molecule has 0 aromatic heterocycles. The van der Waals surface area contributed by atoms with Crippen LogP contribution < -0.4 is 0 Å². The lowest BCUT2D eigenvalue weighted by molar-refractivity contribution is -0.334. The summed E-state index contributed by atoms with van der Waals surface area (Å²) in [6, 6.07) is 7.56. The Morgan fingerprint density at radius 2 is 1.26 bits per heavy atom. The summed E-state index contributed by atoms with van der Waals surface area (Å²) >= 11 is 0. The number of hydrogen-bond donors (Lipinski definition) is 2. The van der Waals surface area contributed by atoms with Gasteiger partial charge in [0, 0.05) is 52.0 Å². The maximum absolute atomic E-state index is 14.4. The number of hydrogen-bond acceptors (Lipinski definition) is 16. The second kappa shape index (κ2) is 14.6. The molecule has 3 aliphatic rings. The number of fused-ring (bicyclic) bond motifs is 4. The Morgan fingerprint density at radius 3 is 1.77 bits per heavy atom. The van der Waals surface area contributed by atoms with Gasteiger partial charge >= 0.3 is 35.8 Å². The number of benzene rings is 1. The summed E-state index contributed by atoms with van der Waals surface area (Å²) < 4.78 is 41.3. The first-order valence-corrected chi connectivity index (χ1v) is 16.9. The first-order valence-electron chi connectivity index (χ1n) is 16.9. The summed E-state index contributed by atoms with van der Waals surface area (Å²) in [5.41, 5.74) is -7.00. The molecule has 2 heterocycles. The number of rotatable bonds is 7. The highest BCUT2D eigenvalue weighted by Crippen LogP contribution is 2.60. The number of ether oxygens (including phenoxy) is 7. The standard InChI is InChI=1S/C37H46O16/c1-17-27(47-19(3)38)25-30(49-21(5)40)35(10,45)16-36(25,52-23(7)42)37(46)18(2)26(43)31(53-37)34(8,9)32(50-22(6)41)29(28(17)48-20(4)39)51-33(44)24-14-12-11-13-15-24/h11-15,18,25,27-32,45-46H,1,16H2,2-10H3/t18-,25+,27+,28+,29-,30-,31-,32-,35-,36-,37-/m1/s1. The average Bonchev–Trinajstić information content (AvgIpc) is 3.41. The number of esters is 6. The molecule has 0 radical (unpaired) electrons. The molecule has 16 nitrogen and oxygen atoms in total. The largest absolute Gasteiger partial charge is 0.459 e. The fourth-order valence-electron chi connectivity index (χ4n) is 7.98. The SMILES string of the molecule is C=C1[C@H](OC(C)=O)[C@@H](OC(=O)c2ccccc2)[C@@H](OC(C)=O)C(C)(C)[C@@H]2O[C@](O)([C@H](C)C2=O)[C@@]2(OC(C)=O)C[C@@](C)(O)[C@H](OC(C)=O)[C@@H]2[C@H]1OC(C)=O. The molecular weight excluding hydrogens is 700 g/mol. The summed E-state index contributed by atoms with van der Waals surface area (Å²) in [7, 11) is 0. The molecule has 0 spiro atoms. The van der Waals surface area contributed by atoms with Crippen molar-refractivity contribution in [1.82, 2.24) is 0 Å². The minimum absolute atomic E-state index is 0.0109. The van der Waals surface area contributed by atoms with Crippen LogP contribution in [-0.2, 0) is 61.9 Å². The van der Waals surface area contributed by atoms with Crippen molar-refractivity contribution in [2.45, 2.75) is 122 Å². The van der Waals surface area contributed by atoms with E-state index in [1.54, 1.807) is 18.2 Å². The summed E-state index contributed by atoms with van der Waals surface area (Å²) in [4.78, 5) is 92.6. The van der Waals surface area contributed by atoms with E-state index in [2.05, 4.69) is 6.58 Å². The minimum atomic E-state index is -2.89. The molecule has 0 unspecified atom stereocenters. The smallest absolute Gasteiger partial charge is 0.338 e. The molecule has 290 valence electrons. The van der Waals surface area contributed by atoms with Gasteiger partial charge in [-0.1, -0.05) is 45.5 Å². The number of Topliss-reactive ketones (excluding diaryl/α,β-unsaturated/α-hetero) is 1. The van der Waals surface area contributed by atoms with Gasteiger partial charge in [0.1, 0.15) is 23.9 Å². The molecule has 1 aromatic carbocycles. The van der Waals surface area contributed by atoms with Gasteiger partial charge in [0.15, 0.2) is 29.7 Å². The van der Waals surface area contributed by atoms with Crippen molar-refractivity contribution in [3.63, 3.8) is 0 Å². The Bertz CT molecular complexity index is 1680. The summed E-state index contributed by atoms with van der Waals surface area (Å²) in [5.74, 6) is -13.1. The maximum Gasteiger partial charge on any atom is 0.338 e. The zero-order valence-electron chi connectivity index (χ0n) is 31.0.